The first kappa shape index (κ1) is 11.4. The van der Waals surface area contributed by atoms with E-state index in [1.54, 1.807) is 11.4 Å². The van der Waals surface area contributed by atoms with Gasteiger partial charge in [0.1, 0.15) is 20.9 Å². The molecule has 1 aromatic carbocycles. The van der Waals surface area contributed by atoms with E-state index in [9.17, 15) is 4.79 Å². The van der Waals surface area contributed by atoms with Crippen LogP contribution in [0, 0.1) is 0 Å². The molecule has 0 atom stereocenters. The summed E-state index contributed by atoms with van der Waals surface area (Å²) in [6.45, 7) is 0. The molecule has 18 heavy (non-hydrogen) atoms. The SMILES string of the molecule is Nc1csc(-c2c(Br)c(=O)oc3ccccc23)n1. The van der Waals surface area contributed by atoms with Gasteiger partial charge in [-0.2, -0.15) is 0 Å². The summed E-state index contributed by atoms with van der Waals surface area (Å²) in [4.78, 5) is 16.0. The number of nitrogens with zero attached hydrogens (tertiary/aromatic N) is 1. The molecule has 6 heteroatoms. The van der Waals surface area contributed by atoms with E-state index in [2.05, 4.69) is 20.9 Å². The molecule has 2 N–H and O–H groups in total. The highest BCUT2D eigenvalue weighted by molar-refractivity contribution is 9.10. The summed E-state index contributed by atoms with van der Waals surface area (Å²) < 4.78 is 5.58. The zero-order valence-electron chi connectivity index (χ0n) is 9.01. The first-order chi connectivity index (χ1) is 8.66. The second-order valence-electron chi connectivity index (χ2n) is 3.65. The number of fused-ring (bicyclic) bond motifs is 1. The van der Waals surface area contributed by atoms with Crippen LogP contribution >= 0.6 is 27.3 Å². The van der Waals surface area contributed by atoms with E-state index in [1.807, 2.05) is 18.2 Å². The minimum absolute atomic E-state index is 0.371. The average molecular weight is 323 g/mol. The van der Waals surface area contributed by atoms with Crippen LogP contribution in [0.5, 0.6) is 0 Å². The number of nitrogen functional groups attached to an aromatic ring is 1. The number of halogens is 1. The lowest BCUT2D eigenvalue weighted by Gasteiger charge is -2.04. The van der Waals surface area contributed by atoms with Gasteiger partial charge in [-0.1, -0.05) is 18.2 Å². The lowest BCUT2D eigenvalue weighted by atomic mass is 10.1. The van der Waals surface area contributed by atoms with Gasteiger partial charge >= 0.3 is 5.63 Å². The van der Waals surface area contributed by atoms with Crippen LogP contribution in [0.25, 0.3) is 21.5 Å². The van der Waals surface area contributed by atoms with Crippen molar-refractivity contribution in [2.24, 2.45) is 0 Å². The van der Waals surface area contributed by atoms with Gasteiger partial charge in [-0.3, -0.25) is 0 Å². The van der Waals surface area contributed by atoms with Crippen molar-refractivity contribution in [3.05, 3.63) is 44.5 Å². The van der Waals surface area contributed by atoms with E-state index in [0.29, 0.717) is 20.9 Å². The maximum absolute atomic E-state index is 11.8. The lowest BCUT2D eigenvalue weighted by Crippen LogP contribution is -2.02. The fraction of sp³-hybridized carbons (Fsp3) is 0. The Hall–Kier alpha value is -1.66. The van der Waals surface area contributed by atoms with Gasteiger partial charge in [-0.05, 0) is 22.0 Å². The van der Waals surface area contributed by atoms with Crippen LogP contribution in [0.15, 0.2) is 43.3 Å². The molecular formula is C12H7BrN2O2S. The Morgan fingerprint density at radius 1 is 1.33 bits per heavy atom. The van der Waals surface area contributed by atoms with Crippen LogP contribution in [-0.4, -0.2) is 4.98 Å². The predicted octanol–water partition coefficient (Wildman–Crippen LogP) is 3.26. The minimum atomic E-state index is -0.419. The van der Waals surface area contributed by atoms with Crippen molar-refractivity contribution in [2.45, 2.75) is 0 Å². The molecule has 3 aromatic rings. The molecule has 0 bridgehead atoms. The summed E-state index contributed by atoms with van der Waals surface area (Å²) in [6.07, 6.45) is 0. The minimum Gasteiger partial charge on any atom is -0.422 e. The molecule has 0 spiro atoms. The zero-order valence-corrected chi connectivity index (χ0v) is 11.4. The van der Waals surface area contributed by atoms with Gasteiger partial charge in [0.2, 0.25) is 0 Å². The predicted molar refractivity (Wildman–Crippen MR) is 75.7 cm³/mol. The Balaban J connectivity index is 2.46. The van der Waals surface area contributed by atoms with Crippen LogP contribution in [0.2, 0.25) is 0 Å². The van der Waals surface area contributed by atoms with E-state index in [1.165, 1.54) is 11.3 Å². The van der Waals surface area contributed by atoms with Gasteiger partial charge in [0.25, 0.3) is 0 Å². The van der Waals surface area contributed by atoms with Gasteiger partial charge in [-0.25, -0.2) is 9.78 Å². The molecule has 4 nitrogen and oxygen atoms in total. The van der Waals surface area contributed by atoms with Gasteiger partial charge in [0.05, 0.1) is 0 Å². The third-order valence-corrected chi connectivity index (χ3v) is 4.09. The number of thiazole rings is 1. The molecule has 2 heterocycles. The smallest absolute Gasteiger partial charge is 0.351 e. The second kappa shape index (κ2) is 4.22. The number of anilines is 1. The molecule has 0 radical (unpaired) electrons. The third kappa shape index (κ3) is 1.74. The molecule has 0 aliphatic rings. The zero-order chi connectivity index (χ0) is 12.7. The molecule has 90 valence electrons. The molecule has 0 unspecified atom stereocenters. The van der Waals surface area contributed by atoms with Crippen molar-refractivity contribution in [3.8, 4) is 10.6 Å². The Kier molecular flexibility index (Phi) is 2.68. The molecule has 0 aliphatic carbocycles. The summed E-state index contributed by atoms with van der Waals surface area (Å²) in [5.74, 6) is 0.444. The summed E-state index contributed by atoms with van der Waals surface area (Å²) in [7, 11) is 0. The molecule has 0 aliphatic heterocycles. The lowest BCUT2D eigenvalue weighted by molar-refractivity contribution is 0.557. The normalized spacial score (nSPS) is 10.9. The highest BCUT2D eigenvalue weighted by atomic mass is 79.9. The molecule has 2 aromatic heterocycles. The molecule has 0 saturated carbocycles. The van der Waals surface area contributed by atoms with Crippen molar-refractivity contribution < 1.29 is 4.42 Å². The van der Waals surface area contributed by atoms with E-state index < -0.39 is 5.63 Å². The monoisotopic (exact) mass is 322 g/mol. The van der Waals surface area contributed by atoms with Crippen molar-refractivity contribution >= 4 is 44.1 Å². The van der Waals surface area contributed by atoms with Crippen molar-refractivity contribution in [1.29, 1.82) is 0 Å². The summed E-state index contributed by atoms with van der Waals surface area (Å²) in [5, 5.41) is 3.27. The van der Waals surface area contributed by atoms with Gasteiger partial charge in [0.15, 0.2) is 0 Å². The maximum Gasteiger partial charge on any atom is 0.351 e. The van der Waals surface area contributed by atoms with Gasteiger partial charge in [-0.15, -0.1) is 11.3 Å². The summed E-state index contributed by atoms with van der Waals surface area (Å²) >= 11 is 4.66. The van der Waals surface area contributed by atoms with Crippen molar-refractivity contribution in [1.82, 2.24) is 4.98 Å². The van der Waals surface area contributed by atoms with E-state index in [4.69, 9.17) is 10.2 Å². The van der Waals surface area contributed by atoms with Gasteiger partial charge < -0.3 is 10.2 Å². The number of aromatic nitrogens is 1. The summed E-state index contributed by atoms with van der Waals surface area (Å²) in [6, 6.07) is 7.34. The number of rotatable bonds is 1. The fourth-order valence-corrected chi connectivity index (χ4v) is 3.12. The highest BCUT2D eigenvalue weighted by Crippen LogP contribution is 2.35. The number of benzene rings is 1. The average Bonchev–Trinajstić information content (AvgIpc) is 2.77. The van der Waals surface area contributed by atoms with Gasteiger partial charge in [0, 0.05) is 16.3 Å². The quantitative estimate of drug-likeness (QED) is 0.698. The molecule has 3 rings (SSSR count). The fourth-order valence-electron chi connectivity index (χ4n) is 1.74. The van der Waals surface area contributed by atoms with Crippen LogP contribution in [-0.2, 0) is 0 Å². The second-order valence-corrected chi connectivity index (χ2v) is 5.30. The third-order valence-electron chi connectivity index (χ3n) is 2.49. The molecule has 0 saturated heterocycles. The maximum atomic E-state index is 11.8. The van der Waals surface area contributed by atoms with Crippen LogP contribution in [0.4, 0.5) is 5.82 Å². The number of para-hydroxylation sites is 1. The Morgan fingerprint density at radius 2 is 2.11 bits per heavy atom. The van der Waals surface area contributed by atoms with Crippen LogP contribution in [0.3, 0.4) is 0 Å². The van der Waals surface area contributed by atoms with Crippen molar-refractivity contribution in [2.75, 3.05) is 5.73 Å². The van der Waals surface area contributed by atoms with Crippen LogP contribution < -0.4 is 11.4 Å². The van der Waals surface area contributed by atoms with E-state index in [0.717, 1.165) is 10.9 Å². The number of hydrogen-bond acceptors (Lipinski definition) is 5. The number of hydrogen-bond donors (Lipinski definition) is 1. The van der Waals surface area contributed by atoms with E-state index in [-0.39, 0.29) is 0 Å². The first-order valence-electron chi connectivity index (χ1n) is 5.09. The topological polar surface area (TPSA) is 69.1 Å². The molecular weight excluding hydrogens is 316 g/mol. The highest BCUT2D eigenvalue weighted by Gasteiger charge is 2.16. The Labute approximate surface area is 114 Å². The van der Waals surface area contributed by atoms with Crippen LogP contribution in [0.1, 0.15) is 0 Å². The Bertz CT molecular complexity index is 794. The molecule has 0 fully saturated rings. The number of nitrogens with two attached hydrogens (primary N) is 1. The Morgan fingerprint density at radius 3 is 2.83 bits per heavy atom. The standard InChI is InChI=1S/C12H7BrN2O2S/c13-10-9(11-15-8(14)5-18-11)6-3-1-2-4-7(6)17-12(10)16/h1-5H,14H2. The van der Waals surface area contributed by atoms with Crippen molar-refractivity contribution in [3.63, 3.8) is 0 Å². The van der Waals surface area contributed by atoms with E-state index >= 15 is 0 Å². The molecule has 0 amide bonds. The first-order valence-corrected chi connectivity index (χ1v) is 6.77. The summed E-state index contributed by atoms with van der Waals surface area (Å²) in [5.41, 5.74) is 6.47. The largest absolute Gasteiger partial charge is 0.422 e.